The molecule has 1 aliphatic heterocycles. The van der Waals surface area contributed by atoms with Gasteiger partial charge in [-0.05, 0) is 50.6 Å². The van der Waals surface area contributed by atoms with E-state index >= 15 is 0 Å². The Labute approximate surface area is 112 Å². The number of piperidine rings is 1. The first-order valence-electron chi connectivity index (χ1n) is 7.81. The third-order valence-electron chi connectivity index (χ3n) is 5.30. The van der Waals surface area contributed by atoms with Crippen molar-refractivity contribution < 1.29 is 5.11 Å². The summed E-state index contributed by atoms with van der Waals surface area (Å²) in [6, 6.07) is 0.321. The number of aliphatic hydroxyl groups excluding tert-OH is 1. The maximum Gasteiger partial charge on any atom is 0.0601 e. The second kappa shape index (κ2) is 6.36. The van der Waals surface area contributed by atoms with E-state index in [2.05, 4.69) is 11.8 Å². The first-order valence-corrected chi connectivity index (χ1v) is 7.81. The van der Waals surface area contributed by atoms with Crippen molar-refractivity contribution in [2.75, 3.05) is 19.7 Å². The van der Waals surface area contributed by atoms with Crippen molar-refractivity contribution in [2.45, 2.75) is 70.4 Å². The smallest absolute Gasteiger partial charge is 0.0601 e. The minimum absolute atomic E-state index is 0.137. The lowest BCUT2D eigenvalue weighted by Gasteiger charge is -2.43. The van der Waals surface area contributed by atoms with Crippen LogP contribution in [-0.2, 0) is 0 Å². The number of hydrogen-bond donors (Lipinski definition) is 2. The van der Waals surface area contributed by atoms with Crippen LogP contribution in [0.1, 0.15) is 58.3 Å². The quantitative estimate of drug-likeness (QED) is 0.790. The van der Waals surface area contributed by atoms with Gasteiger partial charge in [-0.2, -0.15) is 0 Å². The van der Waals surface area contributed by atoms with Gasteiger partial charge in [0.25, 0.3) is 0 Å². The lowest BCUT2D eigenvalue weighted by molar-refractivity contribution is 0.0384. The first kappa shape index (κ1) is 14.3. The summed E-state index contributed by atoms with van der Waals surface area (Å²) in [5.41, 5.74) is 6.87. The molecule has 3 N–H and O–H groups in total. The van der Waals surface area contributed by atoms with Crippen LogP contribution < -0.4 is 5.73 Å². The fourth-order valence-corrected chi connectivity index (χ4v) is 4.00. The zero-order valence-corrected chi connectivity index (χ0v) is 11.9. The van der Waals surface area contributed by atoms with Crippen molar-refractivity contribution in [1.29, 1.82) is 0 Å². The molecule has 1 spiro atoms. The summed E-state index contributed by atoms with van der Waals surface area (Å²) < 4.78 is 0. The van der Waals surface area contributed by atoms with E-state index < -0.39 is 0 Å². The standard InChI is InChI=1S/C15H30N2O/c1-2-5-13(16)14(12-18)17-10-8-15(9-11-17)6-3-4-7-15/h13-14,18H,2-12,16H2,1H3. The van der Waals surface area contributed by atoms with Crippen molar-refractivity contribution >= 4 is 0 Å². The molecular formula is C15H30N2O. The summed E-state index contributed by atoms with van der Waals surface area (Å²) in [5.74, 6) is 0. The van der Waals surface area contributed by atoms with Crippen LogP contribution in [0.25, 0.3) is 0 Å². The second-order valence-electron chi connectivity index (χ2n) is 6.45. The highest BCUT2D eigenvalue weighted by Crippen LogP contribution is 2.46. The third-order valence-corrected chi connectivity index (χ3v) is 5.30. The van der Waals surface area contributed by atoms with Gasteiger partial charge in [-0.1, -0.05) is 26.2 Å². The molecule has 0 bridgehead atoms. The van der Waals surface area contributed by atoms with Gasteiger partial charge in [-0.15, -0.1) is 0 Å². The van der Waals surface area contributed by atoms with Crippen molar-refractivity contribution in [1.82, 2.24) is 4.90 Å². The Balaban J connectivity index is 1.87. The molecule has 1 saturated carbocycles. The van der Waals surface area contributed by atoms with Crippen LogP contribution in [0.4, 0.5) is 0 Å². The molecule has 1 heterocycles. The molecular weight excluding hydrogens is 224 g/mol. The molecule has 2 atom stereocenters. The van der Waals surface area contributed by atoms with Crippen LogP contribution in [-0.4, -0.2) is 41.8 Å². The molecule has 1 aliphatic carbocycles. The summed E-state index contributed by atoms with van der Waals surface area (Å²) in [6.45, 7) is 4.66. The summed E-state index contributed by atoms with van der Waals surface area (Å²) in [6.07, 6.45) is 10.5. The average molecular weight is 254 g/mol. The number of rotatable bonds is 5. The lowest BCUT2D eigenvalue weighted by atomic mass is 9.76. The van der Waals surface area contributed by atoms with E-state index in [-0.39, 0.29) is 18.7 Å². The zero-order chi connectivity index (χ0) is 13.0. The van der Waals surface area contributed by atoms with Gasteiger partial charge in [0.15, 0.2) is 0 Å². The van der Waals surface area contributed by atoms with Gasteiger partial charge in [0.1, 0.15) is 0 Å². The monoisotopic (exact) mass is 254 g/mol. The minimum atomic E-state index is 0.137. The summed E-state index contributed by atoms with van der Waals surface area (Å²) in [5, 5.41) is 9.61. The van der Waals surface area contributed by atoms with Gasteiger partial charge in [-0.3, -0.25) is 4.90 Å². The molecule has 2 unspecified atom stereocenters. The summed E-state index contributed by atoms with van der Waals surface area (Å²) in [7, 11) is 0. The van der Waals surface area contributed by atoms with Crippen molar-refractivity contribution in [3.8, 4) is 0 Å². The number of aliphatic hydroxyl groups is 1. The normalized spacial score (nSPS) is 27.5. The zero-order valence-electron chi connectivity index (χ0n) is 11.9. The van der Waals surface area contributed by atoms with E-state index in [4.69, 9.17) is 5.73 Å². The Morgan fingerprint density at radius 3 is 2.28 bits per heavy atom. The Bertz CT molecular complexity index is 241. The number of hydrogen-bond acceptors (Lipinski definition) is 3. The van der Waals surface area contributed by atoms with Crippen LogP contribution in [0, 0.1) is 5.41 Å². The number of likely N-dealkylation sites (tertiary alicyclic amines) is 1. The van der Waals surface area contributed by atoms with Crippen molar-refractivity contribution in [3.63, 3.8) is 0 Å². The molecule has 2 aliphatic rings. The van der Waals surface area contributed by atoms with Crippen LogP contribution in [0.2, 0.25) is 0 Å². The highest BCUT2D eigenvalue weighted by atomic mass is 16.3. The predicted octanol–water partition coefficient (Wildman–Crippen LogP) is 2.13. The molecule has 2 fully saturated rings. The fraction of sp³-hybridized carbons (Fsp3) is 1.00. The fourth-order valence-electron chi connectivity index (χ4n) is 4.00. The molecule has 3 nitrogen and oxygen atoms in total. The molecule has 0 radical (unpaired) electrons. The molecule has 0 aromatic carbocycles. The Morgan fingerprint density at radius 2 is 1.78 bits per heavy atom. The van der Waals surface area contributed by atoms with Crippen molar-refractivity contribution in [2.24, 2.45) is 11.1 Å². The average Bonchev–Trinajstić information content (AvgIpc) is 2.82. The lowest BCUT2D eigenvalue weighted by Crippen LogP contribution is -2.53. The minimum Gasteiger partial charge on any atom is -0.395 e. The first-order chi connectivity index (χ1) is 8.71. The van der Waals surface area contributed by atoms with Gasteiger partial charge in [0.2, 0.25) is 0 Å². The van der Waals surface area contributed by atoms with Gasteiger partial charge < -0.3 is 10.8 Å². The summed E-state index contributed by atoms with van der Waals surface area (Å²) in [4.78, 5) is 2.45. The maximum absolute atomic E-state index is 9.61. The maximum atomic E-state index is 9.61. The van der Waals surface area contributed by atoms with Gasteiger partial charge >= 0.3 is 0 Å². The number of nitrogens with two attached hydrogens (primary N) is 1. The molecule has 2 rings (SSSR count). The van der Waals surface area contributed by atoms with Gasteiger partial charge in [0, 0.05) is 12.1 Å². The summed E-state index contributed by atoms with van der Waals surface area (Å²) >= 11 is 0. The predicted molar refractivity (Wildman–Crippen MR) is 75.5 cm³/mol. The molecule has 18 heavy (non-hydrogen) atoms. The topological polar surface area (TPSA) is 49.5 Å². The van der Waals surface area contributed by atoms with Gasteiger partial charge in [-0.25, -0.2) is 0 Å². The van der Waals surface area contributed by atoms with E-state index in [0.29, 0.717) is 5.41 Å². The number of nitrogens with zero attached hydrogens (tertiary/aromatic N) is 1. The largest absolute Gasteiger partial charge is 0.395 e. The van der Waals surface area contributed by atoms with Crippen LogP contribution >= 0.6 is 0 Å². The van der Waals surface area contributed by atoms with E-state index in [9.17, 15) is 5.11 Å². The third kappa shape index (κ3) is 3.06. The highest BCUT2D eigenvalue weighted by molar-refractivity contribution is 4.93. The van der Waals surface area contributed by atoms with Crippen LogP contribution in [0.5, 0.6) is 0 Å². The highest BCUT2D eigenvalue weighted by Gasteiger charge is 2.38. The van der Waals surface area contributed by atoms with Crippen molar-refractivity contribution in [3.05, 3.63) is 0 Å². The van der Waals surface area contributed by atoms with E-state index in [0.717, 1.165) is 25.9 Å². The molecule has 0 aromatic heterocycles. The molecule has 0 aromatic rings. The van der Waals surface area contributed by atoms with Crippen LogP contribution in [0.15, 0.2) is 0 Å². The van der Waals surface area contributed by atoms with Gasteiger partial charge in [0.05, 0.1) is 6.61 Å². The Kier molecular flexibility index (Phi) is 5.05. The van der Waals surface area contributed by atoms with E-state index in [1.807, 2.05) is 0 Å². The molecule has 3 heteroatoms. The molecule has 106 valence electrons. The Morgan fingerprint density at radius 1 is 1.17 bits per heavy atom. The SMILES string of the molecule is CCCC(N)C(CO)N1CCC2(CCCC2)CC1. The van der Waals surface area contributed by atoms with E-state index in [1.165, 1.54) is 38.5 Å². The van der Waals surface area contributed by atoms with Crippen LogP contribution in [0.3, 0.4) is 0 Å². The van der Waals surface area contributed by atoms with E-state index in [1.54, 1.807) is 0 Å². The molecule has 0 amide bonds. The second-order valence-corrected chi connectivity index (χ2v) is 6.45. The Hall–Kier alpha value is -0.120. The molecule has 1 saturated heterocycles.